The largest absolute Gasteiger partial charge is 0.493 e. The van der Waals surface area contributed by atoms with Gasteiger partial charge < -0.3 is 19.3 Å². The fourth-order valence-electron chi connectivity index (χ4n) is 4.55. The normalized spacial score (nSPS) is 17.2. The molecule has 2 heterocycles. The number of hydrogen-bond acceptors (Lipinski definition) is 6. The molecule has 2 aliphatic heterocycles. The third-order valence-corrected chi connectivity index (χ3v) is 6.68. The Hall–Kier alpha value is -3.32. The van der Waals surface area contributed by atoms with E-state index in [0.29, 0.717) is 47.1 Å². The second-order valence-corrected chi connectivity index (χ2v) is 8.38. The summed E-state index contributed by atoms with van der Waals surface area (Å²) in [4.78, 5) is 33.4. The standard InChI is InChI=1S/C26H31N3O4/c1-6-27-12-14-28(15-13-27)24-23(19-10-11-21(32-4)22(16-19)33-5)25(30)29(26(24)31)20-9-7-8-17(2)18(20)3/h7-11,16H,6,12-15H2,1-5H3. The van der Waals surface area contributed by atoms with Gasteiger partial charge >= 0.3 is 0 Å². The average Bonchev–Trinajstić information content (AvgIpc) is 3.10. The van der Waals surface area contributed by atoms with Gasteiger partial charge in [-0.25, -0.2) is 4.90 Å². The maximum Gasteiger partial charge on any atom is 0.282 e. The molecule has 0 bridgehead atoms. The molecule has 0 aromatic heterocycles. The quantitative estimate of drug-likeness (QED) is 0.631. The fraction of sp³-hybridized carbons (Fsp3) is 0.385. The van der Waals surface area contributed by atoms with Crippen molar-refractivity contribution in [3.8, 4) is 11.5 Å². The maximum atomic E-state index is 13.8. The van der Waals surface area contributed by atoms with Gasteiger partial charge in [-0.05, 0) is 55.3 Å². The predicted molar refractivity (Wildman–Crippen MR) is 129 cm³/mol. The lowest BCUT2D eigenvalue weighted by molar-refractivity contribution is -0.120. The van der Waals surface area contributed by atoms with Gasteiger partial charge in [0.05, 0.1) is 25.5 Å². The number of methoxy groups -OCH3 is 2. The number of carbonyl (C=O) groups is 2. The first kappa shape index (κ1) is 22.9. The molecule has 33 heavy (non-hydrogen) atoms. The number of nitrogens with zero attached hydrogens (tertiary/aromatic N) is 3. The molecule has 0 saturated carbocycles. The summed E-state index contributed by atoms with van der Waals surface area (Å²) >= 11 is 0. The van der Waals surface area contributed by atoms with Crippen LogP contribution in [0.2, 0.25) is 0 Å². The van der Waals surface area contributed by atoms with Crippen LogP contribution in [0, 0.1) is 13.8 Å². The number of ether oxygens (including phenoxy) is 2. The van der Waals surface area contributed by atoms with Crippen LogP contribution in [0.5, 0.6) is 11.5 Å². The smallest absolute Gasteiger partial charge is 0.282 e. The molecule has 2 aliphatic rings. The van der Waals surface area contributed by atoms with E-state index >= 15 is 0 Å². The summed E-state index contributed by atoms with van der Waals surface area (Å²) in [6.45, 7) is 10.1. The van der Waals surface area contributed by atoms with Crippen LogP contribution in [0.25, 0.3) is 5.57 Å². The van der Waals surface area contributed by atoms with Gasteiger partial charge in [0.15, 0.2) is 11.5 Å². The lowest BCUT2D eigenvalue weighted by Gasteiger charge is -2.36. The van der Waals surface area contributed by atoms with Crippen molar-refractivity contribution in [2.24, 2.45) is 0 Å². The van der Waals surface area contributed by atoms with Crippen LogP contribution in [0.15, 0.2) is 42.1 Å². The third kappa shape index (κ3) is 3.97. The van der Waals surface area contributed by atoms with Gasteiger partial charge in [-0.3, -0.25) is 9.59 Å². The van der Waals surface area contributed by atoms with E-state index in [0.717, 1.165) is 30.8 Å². The van der Waals surface area contributed by atoms with Crippen LogP contribution < -0.4 is 14.4 Å². The van der Waals surface area contributed by atoms with Crippen molar-refractivity contribution in [3.63, 3.8) is 0 Å². The Kier molecular flexibility index (Phi) is 6.42. The number of carbonyl (C=O) groups excluding carboxylic acids is 2. The zero-order valence-corrected chi connectivity index (χ0v) is 20.0. The first-order valence-corrected chi connectivity index (χ1v) is 11.3. The van der Waals surface area contributed by atoms with E-state index in [-0.39, 0.29) is 11.8 Å². The molecule has 2 aromatic carbocycles. The second-order valence-electron chi connectivity index (χ2n) is 8.38. The Bertz CT molecular complexity index is 1120. The Morgan fingerprint density at radius 2 is 1.58 bits per heavy atom. The minimum absolute atomic E-state index is 0.275. The van der Waals surface area contributed by atoms with Gasteiger partial charge in [0, 0.05) is 26.2 Å². The van der Waals surface area contributed by atoms with Gasteiger partial charge in [0.25, 0.3) is 11.8 Å². The molecule has 7 heteroatoms. The number of rotatable bonds is 6. The third-order valence-electron chi connectivity index (χ3n) is 6.68. The second kappa shape index (κ2) is 9.27. The van der Waals surface area contributed by atoms with Gasteiger partial charge in [-0.15, -0.1) is 0 Å². The molecule has 0 radical (unpaired) electrons. The topological polar surface area (TPSA) is 62.3 Å². The molecule has 1 fully saturated rings. The average molecular weight is 450 g/mol. The molecule has 1 saturated heterocycles. The van der Waals surface area contributed by atoms with Crippen LogP contribution in [0.1, 0.15) is 23.6 Å². The van der Waals surface area contributed by atoms with Crippen molar-refractivity contribution in [2.45, 2.75) is 20.8 Å². The summed E-state index contributed by atoms with van der Waals surface area (Å²) < 4.78 is 10.8. The Balaban J connectivity index is 1.84. The summed E-state index contributed by atoms with van der Waals surface area (Å²) in [6, 6.07) is 11.1. The predicted octanol–water partition coefficient (Wildman–Crippen LogP) is 3.24. The summed E-state index contributed by atoms with van der Waals surface area (Å²) in [5.41, 5.74) is 4.10. The van der Waals surface area contributed by atoms with Crippen molar-refractivity contribution < 1.29 is 19.1 Å². The minimum atomic E-state index is -0.311. The Morgan fingerprint density at radius 3 is 2.21 bits per heavy atom. The number of anilines is 1. The molecule has 4 rings (SSSR count). The lowest BCUT2D eigenvalue weighted by atomic mass is 10.0. The van der Waals surface area contributed by atoms with Crippen molar-refractivity contribution >= 4 is 23.1 Å². The van der Waals surface area contributed by atoms with E-state index in [1.165, 1.54) is 4.90 Å². The van der Waals surface area contributed by atoms with E-state index in [4.69, 9.17) is 9.47 Å². The van der Waals surface area contributed by atoms with E-state index in [9.17, 15) is 9.59 Å². The van der Waals surface area contributed by atoms with E-state index in [1.54, 1.807) is 26.4 Å². The molecule has 0 N–H and O–H groups in total. The summed E-state index contributed by atoms with van der Waals surface area (Å²) in [5.74, 6) is 0.503. The van der Waals surface area contributed by atoms with Gasteiger partial charge in [0.1, 0.15) is 5.70 Å². The first-order chi connectivity index (χ1) is 15.9. The summed E-state index contributed by atoms with van der Waals surface area (Å²) in [5, 5.41) is 0. The van der Waals surface area contributed by atoms with Crippen molar-refractivity contribution in [1.82, 2.24) is 9.80 Å². The molecular formula is C26H31N3O4. The van der Waals surface area contributed by atoms with Gasteiger partial charge in [-0.1, -0.05) is 25.1 Å². The molecular weight excluding hydrogens is 418 g/mol. The highest BCUT2D eigenvalue weighted by Crippen LogP contribution is 2.39. The van der Waals surface area contributed by atoms with E-state index < -0.39 is 0 Å². The van der Waals surface area contributed by atoms with E-state index in [1.807, 2.05) is 38.1 Å². The van der Waals surface area contributed by atoms with Crippen molar-refractivity contribution in [2.75, 3.05) is 51.8 Å². The molecule has 0 spiro atoms. The number of hydrogen-bond donors (Lipinski definition) is 0. The number of aryl methyl sites for hydroxylation is 1. The van der Waals surface area contributed by atoms with Crippen LogP contribution in [0.4, 0.5) is 5.69 Å². The fourth-order valence-corrected chi connectivity index (χ4v) is 4.55. The molecule has 0 atom stereocenters. The Morgan fingerprint density at radius 1 is 0.879 bits per heavy atom. The minimum Gasteiger partial charge on any atom is -0.493 e. The highest BCUT2D eigenvalue weighted by Gasteiger charge is 2.43. The molecule has 7 nitrogen and oxygen atoms in total. The van der Waals surface area contributed by atoms with E-state index in [2.05, 4.69) is 16.7 Å². The van der Waals surface area contributed by atoms with Crippen LogP contribution in [0.3, 0.4) is 0 Å². The van der Waals surface area contributed by atoms with Gasteiger partial charge in [0.2, 0.25) is 0 Å². The number of imide groups is 1. The van der Waals surface area contributed by atoms with Crippen LogP contribution >= 0.6 is 0 Å². The van der Waals surface area contributed by atoms with Crippen LogP contribution in [-0.4, -0.2) is 68.6 Å². The van der Waals surface area contributed by atoms with Crippen molar-refractivity contribution in [1.29, 1.82) is 0 Å². The highest BCUT2D eigenvalue weighted by molar-refractivity contribution is 6.45. The number of likely N-dealkylation sites (N-methyl/N-ethyl adjacent to an activating group) is 1. The summed E-state index contributed by atoms with van der Waals surface area (Å²) in [6.07, 6.45) is 0. The first-order valence-electron chi connectivity index (χ1n) is 11.3. The number of amides is 2. The Labute approximate surface area is 195 Å². The zero-order valence-electron chi connectivity index (χ0n) is 20.0. The molecule has 2 amide bonds. The van der Waals surface area contributed by atoms with Crippen molar-refractivity contribution in [3.05, 3.63) is 58.8 Å². The van der Waals surface area contributed by atoms with Gasteiger partial charge in [-0.2, -0.15) is 0 Å². The molecule has 2 aromatic rings. The molecule has 0 unspecified atom stereocenters. The zero-order chi connectivity index (χ0) is 23.7. The van der Waals surface area contributed by atoms with Crippen LogP contribution in [-0.2, 0) is 9.59 Å². The lowest BCUT2D eigenvalue weighted by Crippen LogP contribution is -2.47. The molecule has 174 valence electrons. The maximum absolute atomic E-state index is 13.8. The monoisotopic (exact) mass is 449 g/mol. The number of benzene rings is 2. The SMILES string of the molecule is CCN1CCN(C2=C(c3ccc(OC)c(OC)c3)C(=O)N(c3cccc(C)c3C)C2=O)CC1. The summed E-state index contributed by atoms with van der Waals surface area (Å²) in [7, 11) is 3.13. The molecule has 0 aliphatic carbocycles. The highest BCUT2D eigenvalue weighted by atomic mass is 16.5. The number of piperazine rings is 1.